The highest BCUT2D eigenvalue weighted by atomic mass is 35.5. The Bertz CT molecular complexity index is 617. The highest BCUT2D eigenvalue weighted by molar-refractivity contribution is 6.32. The van der Waals surface area contributed by atoms with E-state index in [1.54, 1.807) is 6.07 Å². The third kappa shape index (κ3) is 4.44. The van der Waals surface area contributed by atoms with Crippen LogP contribution in [-0.4, -0.2) is 53.9 Å². The smallest absolute Gasteiger partial charge is 0.255 e. The van der Waals surface area contributed by atoms with Crippen LogP contribution in [0.4, 0.5) is 0 Å². The maximum absolute atomic E-state index is 10.8. The Hall–Kier alpha value is -1.34. The molecule has 2 saturated heterocycles. The van der Waals surface area contributed by atoms with Gasteiger partial charge in [0.1, 0.15) is 5.75 Å². The van der Waals surface area contributed by atoms with Crippen molar-refractivity contribution in [1.29, 1.82) is 0 Å². The second kappa shape index (κ2) is 7.91. The minimum Gasteiger partial charge on any atom is -0.482 e. The number of rotatable bonds is 5. The summed E-state index contributed by atoms with van der Waals surface area (Å²) >= 11 is 6.22. The molecule has 25 heavy (non-hydrogen) atoms. The largest absolute Gasteiger partial charge is 0.482 e. The topological polar surface area (TPSA) is 85.0 Å². The van der Waals surface area contributed by atoms with E-state index in [2.05, 4.69) is 4.90 Å². The summed E-state index contributed by atoms with van der Waals surface area (Å²) in [5.74, 6) is -0.0740. The maximum Gasteiger partial charge on any atom is 0.255 e. The molecule has 2 heterocycles. The minimum absolute atomic E-state index is 0.185. The van der Waals surface area contributed by atoms with E-state index in [-0.39, 0.29) is 18.3 Å². The molecule has 2 aliphatic heterocycles. The number of ether oxygens (including phenoxy) is 2. The van der Waals surface area contributed by atoms with Gasteiger partial charge in [-0.1, -0.05) is 17.7 Å². The Morgan fingerprint density at radius 3 is 2.84 bits per heavy atom. The zero-order chi connectivity index (χ0) is 17.9. The number of nitrogens with zero attached hydrogens (tertiary/aromatic N) is 1. The van der Waals surface area contributed by atoms with E-state index in [4.69, 9.17) is 26.8 Å². The summed E-state index contributed by atoms with van der Waals surface area (Å²) in [7, 11) is 0. The van der Waals surface area contributed by atoms with Crippen molar-refractivity contribution >= 4 is 17.5 Å². The summed E-state index contributed by atoms with van der Waals surface area (Å²) < 4.78 is 11.2. The van der Waals surface area contributed by atoms with Crippen LogP contribution < -0.4 is 10.5 Å². The van der Waals surface area contributed by atoms with Gasteiger partial charge in [-0.15, -0.1) is 0 Å². The Labute approximate surface area is 152 Å². The van der Waals surface area contributed by atoms with Crippen molar-refractivity contribution in [3.05, 3.63) is 28.8 Å². The van der Waals surface area contributed by atoms with Crippen LogP contribution in [0.1, 0.15) is 31.2 Å². The van der Waals surface area contributed by atoms with E-state index < -0.39 is 5.91 Å². The van der Waals surface area contributed by atoms with E-state index in [1.807, 2.05) is 12.1 Å². The molecule has 1 aromatic carbocycles. The van der Waals surface area contributed by atoms with Crippen LogP contribution >= 0.6 is 11.6 Å². The first-order valence-corrected chi connectivity index (χ1v) is 9.10. The molecule has 0 radical (unpaired) electrons. The highest BCUT2D eigenvalue weighted by Gasteiger charge is 2.43. The number of hydrogen-bond donors (Lipinski definition) is 2. The SMILES string of the molecule is NC(=O)COc1ccc(CN2CCC3(CC2)OCCC[C@H]3O)cc1Cl. The molecule has 3 N–H and O–H groups in total. The van der Waals surface area contributed by atoms with Crippen molar-refractivity contribution in [2.75, 3.05) is 26.3 Å². The van der Waals surface area contributed by atoms with Crippen LogP contribution in [0.15, 0.2) is 18.2 Å². The zero-order valence-electron chi connectivity index (χ0n) is 14.2. The molecule has 2 aliphatic rings. The van der Waals surface area contributed by atoms with E-state index in [0.717, 1.165) is 57.5 Å². The van der Waals surface area contributed by atoms with Crippen molar-refractivity contribution in [1.82, 2.24) is 4.90 Å². The fourth-order valence-electron chi connectivity index (χ4n) is 3.65. The standard InChI is InChI=1S/C18H25ClN2O4/c19-14-10-13(3-4-15(14)24-12-17(20)23)11-21-7-5-18(6-8-21)16(22)2-1-9-25-18/h3-4,10,16,22H,1-2,5-9,11-12H2,(H2,20,23)/t16-/m1/s1. The lowest BCUT2D eigenvalue weighted by atomic mass is 9.82. The summed E-state index contributed by atoms with van der Waals surface area (Å²) in [6, 6.07) is 5.56. The molecule has 0 saturated carbocycles. The number of aliphatic hydroxyl groups is 1. The van der Waals surface area contributed by atoms with Gasteiger partial charge < -0.3 is 20.3 Å². The second-order valence-corrected chi connectivity index (χ2v) is 7.27. The number of aliphatic hydroxyl groups excluding tert-OH is 1. The van der Waals surface area contributed by atoms with Gasteiger partial charge in [-0.2, -0.15) is 0 Å². The number of likely N-dealkylation sites (tertiary alicyclic amines) is 1. The number of amides is 1. The third-order valence-electron chi connectivity index (χ3n) is 5.09. The average Bonchev–Trinajstić information content (AvgIpc) is 2.59. The zero-order valence-corrected chi connectivity index (χ0v) is 15.0. The summed E-state index contributed by atoms with van der Waals surface area (Å²) in [4.78, 5) is 13.1. The first-order chi connectivity index (χ1) is 12.0. The molecule has 3 rings (SSSR count). The molecule has 7 heteroatoms. The normalized spacial score (nSPS) is 23.5. The van der Waals surface area contributed by atoms with E-state index in [9.17, 15) is 9.90 Å². The third-order valence-corrected chi connectivity index (χ3v) is 5.39. The number of hydrogen-bond acceptors (Lipinski definition) is 5. The number of benzene rings is 1. The van der Waals surface area contributed by atoms with Gasteiger partial charge >= 0.3 is 0 Å². The first-order valence-electron chi connectivity index (χ1n) is 8.72. The van der Waals surface area contributed by atoms with E-state index in [0.29, 0.717) is 10.8 Å². The number of primary amides is 1. The lowest BCUT2D eigenvalue weighted by Gasteiger charge is -2.46. The van der Waals surface area contributed by atoms with E-state index >= 15 is 0 Å². The van der Waals surface area contributed by atoms with Crippen molar-refractivity contribution < 1.29 is 19.4 Å². The van der Waals surface area contributed by atoms with Crippen molar-refractivity contribution in [2.45, 2.75) is 43.9 Å². The Balaban J connectivity index is 1.55. The molecule has 0 aliphatic carbocycles. The predicted molar refractivity (Wildman–Crippen MR) is 94.6 cm³/mol. The van der Waals surface area contributed by atoms with Crippen LogP contribution in [0.5, 0.6) is 5.75 Å². The molecule has 1 aromatic rings. The lowest BCUT2D eigenvalue weighted by molar-refractivity contribution is -0.177. The molecule has 0 bridgehead atoms. The van der Waals surface area contributed by atoms with Gasteiger partial charge in [0.25, 0.3) is 5.91 Å². The van der Waals surface area contributed by atoms with Gasteiger partial charge in [0.15, 0.2) is 6.61 Å². The van der Waals surface area contributed by atoms with Crippen LogP contribution in [0.25, 0.3) is 0 Å². The van der Waals surface area contributed by atoms with Gasteiger partial charge in [0.05, 0.1) is 16.7 Å². The predicted octanol–water partition coefficient (Wildman–Crippen LogP) is 1.71. The number of halogens is 1. The molecule has 138 valence electrons. The van der Waals surface area contributed by atoms with Crippen LogP contribution in [0.3, 0.4) is 0 Å². The Morgan fingerprint density at radius 2 is 2.20 bits per heavy atom. The number of nitrogens with two attached hydrogens (primary N) is 1. The van der Waals surface area contributed by atoms with Crippen molar-refractivity contribution in [3.8, 4) is 5.75 Å². The summed E-state index contributed by atoms with van der Waals surface area (Å²) in [5, 5.41) is 10.8. The summed E-state index contributed by atoms with van der Waals surface area (Å²) in [6.45, 7) is 3.11. The lowest BCUT2D eigenvalue weighted by Crippen LogP contribution is -2.55. The summed E-state index contributed by atoms with van der Waals surface area (Å²) in [5.41, 5.74) is 5.80. The van der Waals surface area contributed by atoms with Gasteiger partial charge in [0, 0.05) is 26.2 Å². The quantitative estimate of drug-likeness (QED) is 0.826. The van der Waals surface area contributed by atoms with E-state index in [1.165, 1.54) is 0 Å². The second-order valence-electron chi connectivity index (χ2n) is 6.87. The number of carbonyl (C=O) groups excluding carboxylic acids is 1. The number of carbonyl (C=O) groups is 1. The highest BCUT2D eigenvalue weighted by Crippen LogP contribution is 2.36. The van der Waals surface area contributed by atoms with Crippen LogP contribution in [0.2, 0.25) is 5.02 Å². The number of piperidine rings is 1. The molecule has 1 amide bonds. The Kier molecular flexibility index (Phi) is 5.84. The molecule has 1 spiro atoms. The first kappa shape index (κ1) is 18.5. The fraction of sp³-hybridized carbons (Fsp3) is 0.611. The van der Waals surface area contributed by atoms with Crippen LogP contribution in [0, 0.1) is 0 Å². The van der Waals surface area contributed by atoms with Gasteiger partial charge in [-0.25, -0.2) is 0 Å². The molecular formula is C18H25ClN2O4. The molecule has 1 atom stereocenters. The fourth-order valence-corrected chi connectivity index (χ4v) is 3.90. The van der Waals surface area contributed by atoms with Gasteiger partial charge in [-0.3, -0.25) is 9.69 Å². The molecule has 0 unspecified atom stereocenters. The molecule has 0 aromatic heterocycles. The summed E-state index contributed by atoms with van der Waals surface area (Å²) in [6.07, 6.45) is 3.13. The van der Waals surface area contributed by atoms with Crippen molar-refractivity contribution in [3.63, 3.8) is 0 Å². The molecule has 2 fully saturated rings. The maximum atomic E-state index is 10.8. The average molecular weight is 369 g/mol. The molecule has 6 nitrogen and oxygen atoms in total. The van der Waals surface area contributed by atoms with Gasteiger partial charge in [-0.05, 0) is 43.4 Å². The van der Waals surface area contributed by atoms with Crippen LogP contribution in [-0.2, 0) is 16.1 Å². The Morgan fingerprint density at radius 1 is 1.44 bits per heavy atom. The van der Waals surface area contributed by atoms with Crippen molar-refractivity contribution in [2.24, 2.45) is 5.73 Å². The minimum atomic E-state index is -0.533. The molecular weight excluding hydrogens is 344 g/mol. The monoisotopic (exact) mass is 368 g/mol. The van der Waals surface area contributed by atoms with Gasteiger partial charge in [0.2, 0.25) is 0 Å².